The van der Waals surface area contributed by atoms with Gasteiger partial charge in [0.15, 0.2) is 0 Å². The van der Waals surface area contributed by atoms with Gasteiger partial charge >= 0.3 is 0 Å². The molecule has 1 N–H and O–H groups in total. The lowest BCUT2D eigenvalue weighted by molar-refractivity contribution is -0.0874. The minimum Gasteiger partial charge on any atom is -0.496 e. The van der Waals surface area contributed by atoms with Gasteiger partial charge in [0, 0.05) is 13.0 Å². The van der Waals surface area contributed by atoms with Crippen LogP contribution in [0.15, 0.2) is 24.3 Å². The first kappa shape index (κ1) is 16.0. The van der Waals surface area contributed by atoms with Crippen molar-refractivity contribution in [2.24, 2.45) is 5.41 Å². The van der Waals surface area contributed by atoms with Crippen LogP contribution in [0.2, 0.25) is 0 Å². The summed E-state index contributed by atoms with van der Waals surface area (Å²) in [5.74, 6) is 0.811. The molecular weight excluding hydrogens is 240 g/mol. The molecule has 1 aromatic carbocycles. The fraction of sp³-hybridized carbons (Fsp3) is 0.625. The Hall–Kier alpha value is -1.06. The zero-order valence-electron chi connectivity index (χ0n) is 12.6. The van der Waals surface area contributed by atoms with E-state index in [4.69, 9.17) is 9.47 Å². The van der Waals surface area contributed by atoms with E-state index in [1.54, 1.807) is 7.11 Å². The molecule has 0 bridgehead atoms. The van der Waals surface area contributed by atoms with Gasteiger partial charge < -0.3 is 14.6 Å². The first-order valence-corrected chi connectivity index (χ1v) is 6.81. The Balaban J connectivity index is 2.84. The summed E-state index contributed by atoms with van der Waals surface area (Å²) >= 11 is 0. The third-order valence-electron chi connectivity index (χ3n) is 3.17. The molecule has 3 nitrogen and oxygen atoms in total. The number of hydrogen-bond acceptors (Lipinski definition) is 3. The lowest BCUT2D eigenvalue weighted by Gasteiger charge is -2.34. The molecule has 3 heteroatoms. The number of methoxy groups -OCH3 is 1. The summed E-state index contributed by atoms with van der Waals surface area (Å²) in [5.41, 5.74) is 0.906. The number of para-hydroxylation sites is 1. The van der Waals surface area contributed by atoms with E-state index in [1.807, 2.05) is 31.2 Å². The molecule has 0 aliphatic rings. The number of benzene rings is 1. The number of aliphatic hydroxyl groups excluding tert-OH is 1. The van der Waals surface area contributed by atoms with E-state index in [1.165, 1.54) is 0 Å². The van der Waals surface area contributed by atoms with Gasteiger partial charge in [-0.1, -0.05) is 39.0 Å². The maximum absolute atomic E-state index is 10.5. The van der Waals surface area contributed by atoms with Crippen molar-refractivity contribution in [3.8, 4) is 5.75 Å². The van der Waals surface area contributed by atoms with Crippen molar-refractivity contribution < 1.29 is 14.6 Å². The van der Waals surface area contributed by atoms with Gasteiger partial charge in [0.2, 0.25) is 0 Å². The van der Waals surface area contributed by atoms with Crippen molar-refractivity contribution in [1.82, 2.24) is 0 Å². The fourth-order valence-corrected chi connectivity index (χ4v) is 2.32. The van der Waals surface area contributed by atoms with E-state index in [0.717, 1.165) is 11.3 Å². The monoisotopic (exact) mass is 266 g/mol. The molecule has 0 fully saturated rings. The van der Waals surface area contributed by atoms with Crippen molar-refractivity contribution in [2.75, 3.05) is 13.7 Å². The smallest absolute Gasteiger partial charge is 0.122 e. The summed E-state index contributed by atoms with van der Waals surface area (Å²) < 4.78 is 11.0. The molecule has 1 aromatic rings. The second-order valence-corrected chi connectivity index (χ2v) is 5.83. The molecule has 108 valence electrons. The molecule has 0 saturated heterocycles. The van der Waals surface area contributed by atoms with Crippen molar-refractivity contribution in [2.45, 2.75) is 46.3 Å². The Bertz CT molecular complexity index is 382. The minimum absolute atomic E-state index is 0.0998. The average molecular weight is 266 g/mol. The molecular formula is C16H26O3. The second-order valence-electron chi connectivity index (χ2n) is 5.83. The van der Waals surface area contributed by atoms with Crippen LogP contribution in [0, 0.1) is 5.41 Å². The van der Waals surface area contributed by atoms with E-state index in [0.29, 0.717) is 13.0 Å². The quantitative estimate of drug-likeness (QED) is 0.860. The summed E-state index contributed by atoms with van der Waals surface area (Å²) in [6.07, 6.45) is -0.204. The Kier molecular flexibility index (Phi) is 5.83. The van der Waals surface area contributed by atoms with Gasteiger partial charge in [0.05, 0.1) is 19.3 Å². The van der Waals surface area contributed by atoms with Crippen molar-refractivity contribution in [1.29, 1.82) is 0 Å². The molecule has 0 heterocycles. The Morgan fingerprint density at radius 1 is 1.21 bits per heavy atom. The lowest BCUT2D eigenvalue weighted by Crippen LogP contribution is -2.41. The fourth-order valence-electron chi connectivity index (χ4n) is 2.32. The van der Waals surface area contributed by atoms with E-state index >= 15 is 0 Å². The third-order valence-corrected chi connectivity index (χ3v) is 3.17. The molecule has 0 amide bonds. The van der Waals surface area contributed by atoms with Crippen LogP contribution < -0.4 is 4.74 Å². The number of hydrogen-bond donors (Lipinski definition) is 1. The molecule has 0 spiro atoms. The third kappa shape index (κ3) is 4.51. The Morgan fingerprint density at radius 3 is 2.37 bits per heavy atom. The van der Waals surface area contributed by atoms with Crippen LogP contribution in [0.3, 0.4) is 0 Å². The van der Waals surface area contributed by atoms with Gasteiger partial charge in [-0.2, -0.15) is 0 Å². The molecule has 0 radical (unpaired) electrons. The topological polar surface area (TPSA) is 38.7 Å². The SMILES string of the molecule is CCOC(C(O)Cc1ccccc1OC)C(C)(C)C. The molecule has 2 atom stereocenters. The second kappa shape index (κ2) is 6.92. The van der Waals surface area contributed by atoms with Crippen LogP contribution in [0.4, 0.5) is 0 Å². The number of ether oxygens (including phenoxy) is 2. The number of rotatable bonds is 6. The first-order valence-electron chi connectivity index (χ1n) is 6.81. The summed E-state index contributed by atoms with van der Waals surface area (Å²) in [6.45, 7) is 8.80. The highest BCUT2D eigenvalue weighted by Crippen LogP contribution is 2.28. The first-order chi connectivity index (χ1) is 8.90. The zero-order valence-corrected chi connectivity index (χ0v) is 12.6. The molecule has 0 saturated carbocycles. The predicted octanol–water partition coefficient (Wildman–Crippen LogP) is 3.05. The zero-order chi connectivity index (χ0) is 14.5. The van der Waals surface area contributed by atoms with E-state index in [9.17, 15) is 5.11 Å². The highest BCUT2D eigenvalue weighted by molar-refractivity contribution is 5.33. The van der Waals surface area contributed by atoms with Gasteiger partial charge in [-0.15, -0.1) is 0 Å². The summed E-state index contributed by atoms with van der Waals surface area (Å²) in [7, 11) is 1.65. The highest BCUT2D eigenvalue weighted by atomic mass is 16.5. The largest absolute Gasteiger partial charge is 0.496 e. The van der Waals surface area contributed by atoms with Crippen LogP contribution >= 0.6 is 0 Å². The maximum Gasteiger partial charge on any atom is 0.122 e. The van der Waals surface area contributed by atoms with Crippen molar-refractivity contribution in [3.05, 3.63) is 29.8 Å². The normalized spacial score (nSPS) is 15.1. The van der Waals surface area contributed by atoms with Crippen LogP contribution in [0.1, 0.15) is 33.3 Å². The van der Waals surface area contributed by atoms with Gasteiger partial charge in [-0.05, 0) is 24.0 Å². The molecule has 2 unspecified atom stereocenters. The standard InChI is InChI=1S/C16H26O3/c1-6-19-15(16(2,3)4)13(17)11-12-9-7-8-10-14(12)18-5/h7-10,13,15,17H,6,11H2,1-5H3. The summed E-state index contributed by atoms with van der Waals surface area (Å²) in [5, 5.41) is 10.5. The molecule has 0 aliphatic heterocycles. The Morgan fingerprint density at radius 2 is 1.84 bits per heavy atom. The minimum atomic E-state index is -0.545. The summed E-state index contributed by atoms with van der Waals surface area (Å²) in [4.78, 5) is 0. The van der Waals surface area contributed by atoms with Crippen LogP contribution in [-0.4, -0.2) is 31.0 Å². The molecule has 19 heavy (non-hydrogen) atoms. The molecule has 1 rings (SSSR count). The van der Waals surface area contributed by atoms with Crippen LogP contribution in [0.5, 0.6) is 5.75 Å². The Labute approximate surface area is 116 Å². The van der Waals surface area contributed by atoms with E-state index in [-0.39, 0.29) is 11.5 Å². The van der Waals surface area contributed by atoms with E-state index < -0.39 is 6.10 Å². The van der Waals surface area contributed by atoms with Crippen LogP contribution in [-0.2, 0) is 11.2 Å². The lowest BCUT2D eigenvalue weighted by atomic mass is 9.83. The predicted molar refractivity (Wildman–Crippen MR) is 77.6 cm³/mol. The van der Waals surface area contributed by atoms with Gasteiger partial charge in [0.1, 0.15) is 5.75 Å². The highest BCUT2D eigenvalue weighted by Gasteiger charge is 2.32. The van der Waals surface area contributed by atoms with Gasteiger partial charge in [0.25, 0.3) is 0 Å². The van der Waals surface area contributed by atoms with Gasteiger partial charge in [-0.25, -0.2) is 0 Å². The summed E-state index contributed by atoms with van der Waals surface area (Å²) in [6, 6.07) is 7.78. The van der Waals surface area contributed by atoms with Crippen molar-refractivity contribution >= 4 is 0 Å². The van der Waals surface area contributed by atoms with E-state index in [2.05, 4.69) is 20.8 Å². The van der Waals surface area contributed by atoms with Crippen LogP contribution in [0.25, 0.3) is 0 Å². The average Bonchev–Trinajstić information content (AvgIpc) is 2.35. The number of aliphatic hydroxyl groups is 1. The molecule has 0 aromatic heterocycles. The van der Waals surface area contributed by atoms with Gasteiger partial charge in [-0.3, -0.25) is 0 Å². The maximum atomic E-state index is 10.5. The molecule has 0 aliphatic carbocycles. The van der Waals surface area contributed by atoms with Crippen molar-refractivity contribution in [3.63, 3.8) is 0 Å².